The fourth-order valence-corrected chi connectivity index (χ4v) is 0. The van der Waals surface area contributed by atoms with E-state index in [0.29, 0.717) is 0 Å². The molecular weight excluding hydrogens is 102 g/mol. The fraction of sp³-hybridized carbons (Fsp3) is 0.500. The maximum absolute atomic E-state index is 9.01. The molecule has 0 unspecified atom stereocenters. The van der Waals surface area contributed by atoms with Crippen LogP contribution in [0.25, 0.3) is 0 Å². The topological polar surface area (TPSA) is 60.4 Å². The van der Waals surface area contributed by atoms with Crippen molar-refractivity contribution in [3.05, 3.63) is 0 Å². The molecule has 0 aromatic rings. The van der Waals surface area contributed by atoms with Crippen molar-refractivity contribution in [2.24, 2.45) is 0 Å². The Morgan fingerprint density at radius 1 is 1.71 bits per heavy atom. The molecule has 0 atom stereocenters. The SMILES string of the molecule is O=C([O-])CO.[LiH].[Na+]. The summed E-state index contributed by atoms with van der Waals surface area (Å²) >= 11 is 0. The molecule has 0 amide bonds. The van der Waals surface area contributed by atoms with E-state index in [1.807, 2.05) is 0 Å². The molecule has 0 fully saturated rings. The molecule has 1 N–H and O–H groups in total. The van der Waals surface area contributed by atoms with Gasteiger partial charge in [-0.1, -0.05) is 0 Å². The summed E-state index contributed by atoms with van der Waals surface area (Å²) in [6, 6.07) is 0. The van der Waals surface area contributed by atoms with Crippen LogP contribution >= 0.6 is 0 Å². The smallest absolute Gasteiger partial charge is 1.00 e. The molecule has 0 saturated carbocycles. The third-order valence-corrected chi connectivity index (χ3v) is 0.129. The summed E-state index contributed by atoms with van der Waals surface area (Å²) in [7, 11) is 0. The minimum atomic E-state index is -1.44. The van der Waals surface area contributed by atoms with Crippen molar-refractivity contribution in [3.8, 4) is 0 Å². The van der Waals surface area contributed by atoms with Crippen molar-refractivity contribution >= 4 is 24.8 Å². The van der Waals surface area contributed by atoms with Gasteiger partial charge in [-0.05, 0) is 0 Å². The van der Waals surface area contributed by atoms with E-state index in [1.165, 1.54) is 0 Å². The summed E-state index contributed by atoms with van der Waals surface area (Å²) in [6.45, 7) is -0.889. The van der Waals surface area contributed by atoms with Gasteiger partial charge < -0.3 is 15.0 Å². The molecular formula is C2H4LiNaO3. The fourth-order valence-electron chi connectivity index (χ4n) is 0. The van der Waals surface area contributed by atoms with Crippen molar-refractivity contribution in [2.75, 3.05) is 6.61 Å². The number of hydrogen-bond acceptors (Lipinski definition) is 3. The minimum Gasteiger partial charge on any atom is 1.00 e. The maximum Gasteiger partial charge on any atom is 1.00 e. The Hall–Kier alpha value is 1.03. The Labute approximate surface area is 75.6 Å². The number of carbonyl (C=O) groups is 1. The standard InChI is InChI=1S/C2H4O3.Li.Na.H/c3-1-2(4)5;;;/h3H,1H2,(H,4,5);;;/q;;+1;/p-1. The van der Waals surface area contributed by atoms with E-state index in [9.17, 15) is 0 Å². The monoisotopic (exact) mass is 106 g/mol. The number of aliphatic hydroxyl groups is 1. The number of rotatable bonds is 1. The second-order valence-corrected chi connectivity index (χ2v) is 0.530. The zero-order chi connectivity index (χ0) is 4.28. The number of carboxylic acids is 1. The first-order valence-electron chi connectivity index (χ1n) is 1.08. The van der Waals surface area contributed by atoms with Crippen LogP contribution in [0.2, 0.25) is 0 Å². The molecule has 0 spiro atoms. The van der Waals surface area contributed by atoms with Gasteiger partial charge in [0.05, 0.1) is 12.6 Å². The first kappa shape index (κ1) is 15.7. The first-order chi connectivity index (χ1) is 2.27. The quantitative estimate of drug-likeness (QED) is 0.338. The summed E-state index contributed by atoms with van der Waals surface area (Å²) < 4.78 is 0. The molecule has 0 bridgehead atoms. The van der Waals surface area contributed by atoms with Crippen molar-refractivity contribution in [3.63, 3.8) is 0 Å². The molecule has 5 heteroatoms. The summed E-state index contributed by atoms with van der Waals surface area (Å²) in [5.41, 5.74) is 0. The Kier molecular flexibility index (Phi) is 22.6. The van der Waals surface area contributed by atoms with E-state index in [-0.39, 0.29) is 48.4 Å². The Balaban J connectivity index is -0.0000000800. The zero-order valence-electron chi connectivity index (χ0n) is 3.47. The number of aliphatic carboxylic acids is 1. The second-order valence-electron chi connectivity index (χ2n) is 0.530. The average Bonchev–Trinajstić information content (AvgIpc) is 1.38. The van der Waals surface area contributed by atoms with Crippen molar-refractivity contribution in [1.82, 2.24) is 0 Å². The Morgan fingerprint density at radius 2 is 1.86 bits per heavy atom. The van der Waals surface area contributed by atoms with Gasteiger partial charge in [-0.3, -0.25) is 0 Å². The van der Waals surface area contributed by atoms with Gasteiger partial charge in [0.25, 0.3) is 0 Å². The van der Waals surface area contributed by atoms with Gasteiger partial charge in [0.1, 0.15) is 0 Å². The third-order valence-electron chi connectivity index (χ3n) is 0.129. The number of hydrogen-bond donors (Lipinski definition) is 1. The molecule has 3 nitrogen and oxygen atoms in total. The molecule has 32 valence electrons. The third kappa shape index (κ3) is 19.4. The predicted octanol–water partition coefficient (Wildman–Crippen LogP) is -5.92. The van der Waals surface area contributed by atoms with Gasteiger partial charge >= 0.3 is 48.4 Å². The summed E-state index contributed by atoms with van der Waals surface area (Å²) in [6.07, 6.45) is 0. The van der Waals surface area contributed by atoms with Crippen LogP contribution in [0.3, 0.4) is 0 Å². The van der Waals surface area contributed by atoms with E-state index in [1.54, 1.807) is 0 Å². The minimum absolute atomic E-state index is 0. The van der Waals surface area contributed by atoms with Crippen molar-refractivity contribution < 1.29 is 44.6 Å². The van der Waals surface area contributed by atoms with Gasteiger partial charge in [-0.2, -0.15) is 0 Å². The van der Waals surface area contributed by atoms with Crippen LogP contribution in [0.4, 0.5) is 0 Å². The second kappa shape index (κ2) is 10.1. The number of carbonyl (C=O) groups excluding carboxylic acids is 1. The van der Waals surface area contributed by atoms with E-state index >= 15 is 0 Å². The van der Waals surface area contributed by atoms with Crippen LogP contribution in [-0.2, 0) is 4.79 Å². The predicted molar refractivity (Wildman–Crippen MR) is 19.2 cm³/mol. The van der Waals surface area contributed by atoms with E-state index in [2.05, 4.69) is 0 Å². The Morgan fingerprint density at radius 3 is 1.86 bits per heavy atom. The van der Waals surface area contributed by atoms with Crippen LogP contribution in [-0.4, -0.2) is 36.5 Å². The molecule has 0 aliphatic carbocycles. The molecule has 0 aromatic carbocycles. The Bertz CT molecular complexity index is 48.2. The van der Waals surface area contributed by atoms with Gasteiger partial charge in [0.15, 0.2) is 0 Å². The van der Waals surface area contributed by atoms with Crippen LogP contribution in [0.1, 0.15) is 0 Å². The van der Waals surface area contributed by atoms with Crippen LogP contribution in [0.15, 0.2) is 0 Å². The molecule has 0 aromatic heterocycles. The van der Waals surface area contributed by atoms with E-state index in [0.717, 1.165) is 0 Å². The first-order valence-corrected chi connectivity index (χ1v) is 1.08. The normalized spacial score (nSPS) is 5.29. The van der Waals surface area contributed by atoms with Gasteiger partial charge in [-0.25, -0.2) is 0 Å². The molecule has 7 heavy (non-hydrogen) atoms. The molecule has 0 aliphatic heterocycles. The van der Waals surface area contributed by atoms with Gasteiger partial charge in [-0.15, -0.1) is 0 Å². The van der Waals surface area contributed by atoms with Crippen molar-refractivity contribution in [2.45, 2.75) is 0 Å². The zero-order valence-corrected chi connectivity index (χ0v) is 5.47. The van der Waals surface area contributed by atoms with Crippen molar-refractivity contribution in [1.29, 1.82) is 0 Å². The molecule has 0 saturated heterocycles. The largest absolute Gasteiger partial charge is 1.00 e. The molecule has 0 aliphatic rings. The van der Waals surface area contributed by atoms with E-state index in [4.69, 9.17) is 15.0 Å². The summed E-state index contributed by atoms with van der Waals surface area (Å²) in [5.74, 6) is -1.44. The molecule has 0 radical (unpaired) electrons. The summed E-state index contributed by atoms with van der Waals surface area (Å²) in [4.78, 5) is 9.01. The summed E-state index contributed by atoms with van der Waals surface area (Å²) in [5, 5.41) is 16.5. The maximum atomic E-state index is 9.01. The average molecular weight is 106 g/mol. The van der Waals surface area contributed by atoms with Crippen LogP contribution in [0.5, 0.6) is 0 Å². The van der Waals surface area contributed by atoms with Gasteiger partial charge in [0.2, 0.25) is 0 Å². The molecule has 0 rings (SSSR count). The number of aliphatic hydroxyl groups excluding tert-OH is 1. The van der Waals surface area contributed by atoms with Crippen LogP contribution in [0, 0.1) is 0 Å². The van der Waals surface area contributed by atoms with Crippen LogP contribution < -0.4 is 34.7 Å². The van der Waals surface area contributed by atoms with Gasteiger partial charge in [0, 0.05) is 0 Å². The van der Waals surface area contributed by atoms with E-state index < -0.39 is 12.6 Å². The number of carboxylic acid groups (broad SMARTS) is 1. The molecule has 0 heterocycles.